The van der Waals surface area contributed by atoms with E-state index in [1.165, 1.54) is 0 Å². The normalized spacial score (nSPS) is 13.4. The van der Waals surface area contributed by atoms with Crippen molar-refractivity contribution in [2.75, 3.05) is 7.05 Å². The van der Waals surface area contributed by atoms with E-state index in [9.17, 15) is 4.79 Å². The second-order valence-corrected chi connectivity index (χ2v) is 5.40. The molecule has 1 heterocycles. The van der Waals surface area contributed by atoms with Gasteiger partial charge in [0.15, 0.2) is 0 Å². The summed E-state index contributed by atoms with van der Waals surface area (Å²) in [5, 5.41) is 0.709. The number of para-hydroxylation sites is 1. The van der Waals surface area contributed by atoms with Crippen LogP contribution in [0.5, 0.6) is 5.75 Å². The number of hydrogen-bond donors (Lipinski definition) is 0. The van der Waals surface area contributed by atoms with E-state index in [0.717, 1.165) is 16.6 Å². The summed E-state index contributed by atoms with van der Waals surface area (Å²) in [6, 6.07) is 13.1. The Bertz CT molecular complexity index is 748. The fourth-order valence-electron chi connectivity index (χ4n) is 2.34. The third kappa shape index (κ3) is 2.79. The van der Waals surface area contributed by atoms with E-state index >= 15 is 0 Å². The number of rotatable bonds is 4. The van der Waals surface area contributed by atoms with Crippen molar-refractivity contribution in [2.45, 2.75) is 5.33 Å². The van der Waals surface area contributed by atoms with Gasteiger partial charge in [0.05, 0.1) is 5.56 Å². The quantitative estimate of drug-likeness (QED) is 0.480. The van der Waals surface area contributed by atoms with Crippen molar-refractivity contribution >= 4 is 40.7 Å². The van der Waals surface area contributed by atoms with Gasteiger partial charge in [0.25, 0.3) is 0 Å². The molecule has 2 aromatic rings. The van der Waals surface area contributed by atoms with Gasteiger partial charge in [0.2, 0.25) is 0 Å². The lowest BCUT2D eigenvalue weighted by atomic mass is 9.78. The Hall–Kier alpha value is -2.08. The zero-order valence-electron chi connectivity index (χ0n) is 12.0. The van der Waals surface area contributed by atoms with Crippen LogP contribution in [0.2, 0.25) is 0 Å². The van der Waals surface area contributed by atoms with Gasteiger partial charge >= 0.3 is 13.1 Å². The van der Waals surface area contributed by atoms with E-state index in [1.54, 1.807) is 19.3 Å². The van der Waals surface area contributed by atoms with E-state index in [1.807, 2.05) is 36.4 Å². The largest absolute Gasteiger partial charge is 0.635 e. The number of halogens is 1. The SMILES string of the molecule is CN=Cc1ccccc1OB1OC(=O)c2ccc(CBr)cc21. The van der Waals surface area contributed by atoms with Crippen molar-refractivity contribution < 1.29 is 14.1 Å². The molecule has 0 saturated heterocycles. The first kappa shape index (κ1) is 14.8. The molecular formula is C16H13BBrNO3. The minimum absolute atomic E-state index is 0.359. The molecule has 1 aliphatic rings. The number of carbonyl (C=O) groups excluding carboxylic acids is 1. The Balaban J connectivity index is 1.94. The van der Waals surface area contributed by atoms with E-state index in [0.29, 0.717) is 16.6 Å². The van der Waals surface area contributed by atoms with Crippen LogP contribution in [0, 0.1) is 0 Å². The average Bonchev–Trinajstić information content (AvgIpc) is 2.85. The summed E-state index contributed by atoms with van der Waals surface area (Å²) in [6.45, 7) is 0. The molecule has 0 aromatic heterocycles. The first-order valence-corrected chi connectivity index (χ1v) is 7.92. The smallest absolute Gasteiger partial charge is 0.521 e. The first-order chi connectivity index (χ1) is 10.7. The summed E-state index contributed by atoms with van der Waals surface area (Å²) in [4.78, 5) is 15.9. The van der Waals surface area contributed by atoms with Crippen LogP contribution in [0.15, 0.2) is 47.5 Å². The zero-order chi connectivity index (χ0) is 15.5. The second kappa shape index (κ2) is 6.36. The molecule has 110 valence electrons. The molecule has 0 spiro atoms. The molecule has 2 aromatic carbocycles. The lowest BCUT2D eigenvalue weighted by molar-refractivity contribution is 0.0731. The Labute approximate surface area is 137 Å². The fourth-order valence-corrected chi connectivity index (χ4v) is 2.69. The van der Waals surface area contributed by atoms with E-state index in [2.05, 4.69) is 20.9 Å². The molecule has 1 aliphatic heterocycles. The van der Waals surface area contributed by atoms with Crippen LogP contribution in [-0.4, -0.2) is 26.3 Å². The number of benzene rings is 2. The third-order valence-electron chi connectivity index (χ3n) is 3.38. The van der Waals surface area contributed by atoms with E-state index < -0.39 is 7.12 Å². The van der Waals surface area contributed by atoms with Gasteiger partial charge in [-0.3, -0.25) is 4.99 Å². The number of fused-ring (bicyclic) bond motifs is 1. The van der Waals surface area contributed by atoms with Crippen LogP contribution in [0.1, 0.15) is 21.5 Å². The topological polar surface area (TPSA) is 47.9 Å². The zero-order valence-corrected chi connectivity index (χ0v) is 13.5. The molecule has 0 atom stereocenters. The van der Waals surface area contributed by atoms with Crippen molar-refractivity contribution in [2.24, 2.45) is 4.99 Å². The van der Waals surface area contributed by atoms with Crippen LogP contribution >= 0.6 is 15.9 Å². The van der Waals surface area contributed by atoms with E-state index in [4.69, 9.17) is 9.31 Å². The van der Waals surface area contributed by atoms with Crippen molar-refractivity contribution in [3.05, 3.63) is 59.2 Å². The lowest BCUT2D eigenvalue weighted by Gasteiger charge is -2.12. The number of hydrogen-bond acceptors (Lipinski definition) is 4. The van der Waals surface area contributed by atoms with Crippen molar-refractivity contribution in [3.8, 4) is 5.75 Å². The molecular weight excluding hydrogens is 345 g/mol. The molecule has 0 saturated carbocycles. The molecule has 0 aliphatic carbocycles. The first-order valence-electron chi connectivity index (χ1n) is 6.80. The lowest BCUT2D eigenvalue weighted by Crippen LogP contribution is -2.36. The Morgan fingerprint density at radius 1 is 1.32 bits per heavy atom. The molecule has 6 heteroatoms. The summed E-state index contributed by atoms with van der Waals surface area (Å²) in [5.74, 6) is 0.269. The molecule has 0 radical (unpaired) electrons. The van der Waals surface area contributed by atoms with Gasteiger partial charge in [-0.15, -0.1) is 0 Å². The van der Waals surface area contributed by atoms with Crippen molar-refractivity contribution in [1.29, 1.82) is 0 Å². The molecule has 0 bridgehead atoms. The van der Waals surface area contributed by atoms with Gasteiger partial charge < -0.3 is 9.31 Å². The van der Waals surface area contributed by atoms with Crippen LogP contribution < -0.4 is 10.1 Å². The molecule has 0 N–H and O–H groups in total. The van der Waals surface area contributed by atoms with Gasteiger partial charge in [0.1, 0.15) is 5.75 Å². The summed E-state index contributed by atoms with van der Waals surface area (Å²) >= 11 is 3.42. The Morgan fingerprint density at radius 3 is 2.91 bits per heavy atom. The van der Waals surface area contributed by atoms with E-state index in [-0.39, 0.29) is 5.97 Å². The second-order valence-electron chi connectivity index (χ2n) is 4.84. The van der Waals surface area contributed by atoms with Gasteiger partial charge in [0, 0.05) is 29.6 Å². The highest BCUT2D eigenvalue weighted by atomic mass is 79.9. The predicted molar refractivity (Wildman–Crippen MR) is 90.5 cm³/mol. The number of nitrogens with zero attached hydrogens (tertiary/aromatic N) is 1. The number of carbonyl (C=O) groups is 1. The van der Waals surface area contributed by atoms with Crippen molar-refractivity contribution in [1.82, 2.24) is 0 Å². The molecule has 22 heavy (non-hydrogen) atoms. The number of alkyl halides is 1. The summed E-state index contributed by atoms with van der Waals surface area (Å²) in [5.41, 5.74) is 3.21. The van der Waals surface area contributed by atoms with Crippen LogP contribution in [-0.2, 0) is 9.98 Å². The van der Waals surface area contributed by atoms with Gasteiger partial charge in [-0.05, 0) is 23.8 Å². The molecule has 0 unspecified atom stereocenters. The standard InChI is InChI=1S/C16H13BBrNO3/c1-19-10-12-4-2-3-5-15(12)21-17-14-8-11(9-18)6-7-13(14)16(20)22-17/h2-8,10H,9H2,1H3. The maximum atomic E-state index is 11.9. The van der Waals surface area contributed by atoms with Crippen LogP contribution in [0.25, 0.3) is 0 Å². The Kier molecular flexibility index (Phi) is 4.29. The third-order valence-corrected chi connectivity index (χ3v) is 4.03. The maximum absolute atomic E-state index is 11.9. The highest BCUT2D eigenvalue weighted by Gasteiger charge is 2.40. The fraction of sp³-hybridized carbons (Fsp3) is 0.125. The van der Waals surface area contributed by atoms with Gasteiger partial charge in [-0.25, -0.2) is 4.79 Å². The predicted octanol–water partition coefficient (Wildman–Crippen LogP) is 2.57. The Morgan fingerprint density at radius 2 is 2.14 bits per heavy atom. The highest BCUT2D eigenvalue weighted by Crippen LogP contribution is 2.21. The summed E-state index contributed by atoms with van der Waals surface area (Å²) in [6.07, 6.45) is 1.71. The average molecular weight is 358 g/mol. The summed E-state index contributed by atoms with van der Waals surface area (Å²) in [7, 11) is 0.970. The van der Waals surface area contributed by atoms with Crippen LogP contribution in [0.4, 0.5) is 0 Å². The summed E-state index contributed by atoms with van der Waals surface area (Å²) < 4.78 is 11.3. The number of aliphatic imine (C=N–C) groups is 1. The molecule has 0 fully saturated rings. The van der Waals surface area contributed by atoms with Gasteiger partial charge in [-0.2, -0.15) is 0 Å². The monoisotopic (exact) mass is 357 g/mol. The molecule has 3 rings (SSSR count). The minimum atomic E-state index is -0.729. The minimum Gasteiger partial charge on any atom is -0.521 e. The maximum Gasteiger partial charge on any atom is 0.635 e. The van der Waals surface area contributed by atoms with Crippen LogP contribution in [0.3, 0.4) is 0 Å². The highest BCUT2D eigenvalue weighted by molar-refractivity contribution is 9.08. The molecule has 4 nitrogen and oxygen atoms in total. The van der Waals surface area contributed by atoms with Gasteiger partial charge in [-0.1, -0.05) is 40.2 Å². The van der Waals surface area contributed by atoms with Crippen molar-refractivity contribution in [3.63, 3.8) is 0 Å². The molecule has 0 amide bonds.